The van der Waals surface area contributed by atoms with E-state index in [0.717, 1.165) is 18.7 Å². The molecule has 0 bridgehead atoms. The second-order valence-electron chi connectivity index (χ2n) is 5.06. The van der Waals surface area contributed by atoms with Gasteiger partial charge >= 0.3 is 0 Å². The van der Waals surface area contributed by atoms with Crippen molar-refractivity contribution in [1.82, 2.24) is 4.90 Å². The lowest BCUT2D eigenvalue weighted by atomic mass is 10.1. The van der Waals surface area contributed by atoms with Crippen LogP contribution in [0.5, 0.6) is 0 Å². The van der Waals surface area contributed by atoms with Crippen LogP contribution in [0.4, 0.5) is 5.69 Å². The first kappa shape index (κ1) is 14.4. The van der Waals surface area contributed by atoms with Gasteiger partial charge in [0.15, 0.2) is 0 Å². The highest BCUT2D eigenvalue weighted by Crippen LogP contribution is 2.15. The molecule has 0 aromatic heterocycles. The van der Waals surface area contributed by atoms with Crippen molar-refractivity contribution in [3.63, 3.8) is 0 Å². The van der Waals surface area contributed by atoms with E-state index in [4.69, 9.17) is 17.3 Å². The molecule has 4 heteroatoms. The highest BCUT2D eigenvalue weighted by molar-refractivity contribution is 6.28. The lowest BCUT2D eigenvalue weighted by Gasteiger charge is -2.26. The van der Waals surface area contributed by atoms with Gasteiger partial charge in [0, 0.05) is 6.54 Å². The molecule has 1 heterocycles. The van der Waals surface area contributed by atoms with Crippen LogP contribution in [0.25, 0.3) is 0 Å². The molecule has 1 aliphatic rings. The van der Waals surface area contributed by atoms with Gasteiger partial charge in [-0.25, -0.2) is 4.99 Å². The third-order valence-corrected chi connectivity index (χ3v) is 3.79. The number of likely N-dealkylation sites (tertiary alicyclic amines) is 1. The fourth-order valence-electron chi connectivity index (χ4n) is 2.40. The molecule has 1 aromatic rings. The first-order chi connectivity index (χ1) is 9.28. The summed E-state index contributed by atoms with van der Waals surface area (Å²) in [6.45, 7) is 3.68. The fourth-order valence-corrected chi connectivity index (χ4v) is 2.46. The van der Waals surface area contributed by atoms with Crippen molar-refractivity contribution in [3.05, 3.63) is 29.8 Å². The zero-order valence-electron chi connectivity index (χ0n) is 11.3. The summed E-state index contributed by atoms with van der Waals surface area (Å²) in [5, 5.41) is 0. The van der Waals surface area contributed by atoms with Gasteiger partial charge in [0.25, 0.3) is 0 Å². The molecule has 0 atom stereocenters. The summed E-state index contributed by atoms with van der Waals surface area (Å²) in [7, 11) is 0. The van der Waals surface area contributed by atoms with E-state index in [-0.39, 0.29) is 5.88 Å². The Hall–Kier alpha value is -1.06. The Morgan fingerprint density at radius 1 is 1.16 bits per heavy atom. The summed E-state index contributed by atoms with van der Waals surface area (Å²) < 4.78 is 0. The molecule has 0 spiro atoms. The van der Waals surface area contributed by atoms with Gasteiger partial charge in [0.2, 0.25) is 0 Å². The third kappa shape index (κ3) is 4.84. The Bertz CT molecular complexity index is 408. The number of hydrogen-bond donors (Lipinski definition) is 1. The number of amidine groups is 1. The highest BCUT2D eigenvalue weighted by Gasteiger charge is 2.09. The number of benzene rings is 1. The lowest BCUT2D eigenvalue weighted by Crippen LogP contribution is -2.31. The van der Waals surface area contributed by atoms with Crippen LogP contribution in [0.1, 0.15) is 24.8 Å². The lowest BCUT2D eigenvalue weighted by molar-refractivity contribution is 0.231. The summed E-state index contributed by atoms with van der Waals surface area (Å²) in [5.74, 6) is 0.735. The second kappa shape index (κ2) is 7.51. The molecule has 19 heavy (non-hydrogen) atoms. The molecule has 1 aliphatic heterocycles. The average molecular weight is 280 g/mol. The van der Waals surface area contributed by atoms with Crippen LogP contribution in [0.15, 0.2) is 29.3 Å². The van der Waals surface area contributed by atoms with Gasteiger partial charge in [0.1, 0.15) is 5.84 Å². The Morgan fingerprint density at radius 3 is 2.47 bits per heavy atom. The van der Waals surface area contributed by atoms with E-state index in [0.29, 0.717) is 5.84 Å². The minimum absolute atomic E-state index is 0.275. The quantitative estimate of drug-likeness (QED) is 0.511. The number of aliphatic imine (C=N–C) groups is 1. The summed E-state index contributed by atoms with van der Waals surface area (Å²) in [6.07, 6.45) is 5.21. The molecular weight excluding hydrogens is 258 g/mol. The van der Waals surface area contributed by atoms with E-state index < -0.39 is 0 Å². The van der Waals surface area contributed by atoms with Crippen LogP contribution in [0.2, 0.25) is 0 Å². The molecule has 0 amide bonds. The summed E-state index contributed by atoms with van der Waals surface area (Å²) in [4.78, 5) is 6.78. The average Bonchev–Trinajstić information content (AvgIpc) is 2.47. The number of halogens is 1. The first-order valence-electron chi connectivity index (χ1n) is 6.98. The maximum Gasteiger partial charge on any atom is 0.115 e. The molecule has 0 saturated carbocycles. The van der Waals surface area contributed by atoms with Crippen molar-refractivity contribution < 1.29 is 0 Å². The van der Waals surface area contributed by atoms with Gasteiger partial charge in [-0.2, -0.15) is 0 Å². The molecule has 104 valence electrons. The van der Waals surface area contributed by atoms with Crippen molar-refractivity contribution in [2.75, 3.05) is 25.5 Å². The molecule has 1 fully saturated rings. The van der Waals surface area contributed by atoms with E-state index in [2.05, 4.69) is 22.0 Å². The smallest absolute Gasteiger partial charge is 0.115 e. The molecule has 0 radical (unpaired) electrons. The first-order valence-corrected chi connectivity index (χ1v) is 7.51. The number of nitrogens with zero attached hydrogens (tertiary/aromatic N) is 2. The molecule has 2 N–H and O–H groups in total. The van der Waals surface area contributed by atoms with Crippen LogP contribution in [0, 0.1) is 0 Å². The third-order valence-electron chi connectivity index (χ3n) is 3.51. The zero-order chi connectivity index (χ0) is 13.5. The molecule has 0 aliphatic carbocycles. The normalized spacial score (nSPS) is 17.6. The van der Waals surface area contributed by atoms with Crippen molar-refractivity contribution in [2.24, 2.45) is 10.7 Å². The molecule has 2 rings (SSSR count). The van der Waals surface area contributed by atoms with Crippen LogP contribution < -0.4 is 5.73 Å². The van der Waals surface area contributed by atoms with E-state index >= 15 is 0 Å². The van der Waals surface area contributed by atoms with Crippen LogP contribution in [-0.4, -0.2) is 36.2 Å². The van der Waals surface area contributed by atoms with Gasteiger partial charge in [-0.1, -0.05) is 18.6 Å². The number of hydrogen-bond acceptors (Lipinski definition) is 2. The Labute approximate surface area is 120 Å². The van der Waals surface area contributed by atoms with Gasteiger partial charge in [0.05, 0.1) is 11.6 Å². The number of rotatable bonds is 5. The standard InChI is InChI=1S/C15H22ClN3/c16-12-15(17)18-14-6-4-13(5-7-14)8-11-19-9-2-1-3-10-19/h4-7H,1-3,8-12H2,(H2,17,18). The van der Waals surface area contributed by atoms with Gasteiger partial charge in [-0.05, 0) is 50.0 Å². The van der Waals surface area contributed by atoms with E-state index in [1.165, 1.54) is 37.9 Å². The van der Waals surface area contributed by atoms with Crippen LogP contribution in [-0.2, 0) is 6.42 Å². The fraction of sp³-hybridized carbons (Fsp3) is 0.533. The molecule has 3 nitrogen and oxygen atoms in total. The van der Waals surface area contributed by atoms with Crippen LogP contribution >= 0.6 is 11.6 Å². The van der Waals surface area contributed by atoms with Crippen molar-refractivity contribution in [3.8, 4) is 0 Å². The van der Waals surface area contributed by atoms with Crippen molar-refractivity contribution >= 4 is 23.1 Å². The number of nitrogens with two attached hydrogens (primary N) is 1. The number of piperidine rings is 1. The molecule has 0 unspecified atom stereocenters. The molecule has 1 aromatic carbocycles. The minimum Gasteiger partial charge on any atom is -0.386 e. The predicted octanol–water partition coefficient (Wildman–Crippen LogP) is 2.94. The summed E-state index contributed by atoms with van der Waals surface area (Å²) >= 11 is 5.61. The topological polar surface area (TPSA) is 41.6 Å². The Kier molecular flexibility index (Phi) is 5.67. The van der Waals surface area contributed by atoms with Crippen LogP contribution in [0.3, 0.4) is 0 Å². The monoisotopic (exact) mass is 279 g/mol. The SMILES string of the molecule is NC(CCl)=Nc1ccc(CCN2CCCCC2)cc1. The van der Waals surface area contributed by atoms with Crippen molar-refractivity contribution in [2.45, 2.75) is 25.7 Å². The van der Waals surface area contributed by atoms with Gasteiger partial charge in [-0.3, -0.25) is 0 Å². The Balaban J connectivity index is 1.84. The number of alkyl halides is 1. The van der Waals surface area contributed by atoms with E-state index in [9.17, 15) is 0 Å². The second-order valence-corrected chi connectivity index (χ2v) is 5.32. The largest absolute Gasteiger partial charge is 0.386 e. The highest BCUT2D eigenvalue weighted by atomic mass is 35.5. The predicted molar refractivity (Wildman–Crippen MR) is 82.4 cm³/mol. The maximum absolute atomic E-state index is 5.61. The summed E-state index contributed by atoms with van der Waals surface area (Å²) in [6, 6.07) is 8.27. The molecule has 1 saturated heterocycles. The zero-order valence-corrected chi connectivity index (χ0v) is 12.1. The Morgan fingerprint density at radius 2 is 1.84 bits per heavy atom. The van der Waals surface area contributed by atoms with E-state index in [1.807, 2.05) is 12.1 Å². The van der Waals surface area contributed by atoms with E-state index in [1.54, 1.807) is 0 Å². The van der Waals surface area contributed by atoms with Crippen molar-refractivity contribution in [1.29, 1.82) is 0 Å². The summed E-state index contributed by atoms with van der Waals surface area (Å²) in [5.41, 5.74) is 7.84. The minimum atomic E-state index is 0.275. The maximum atomic E-state index is 5.61. The van der Waals surface area contributed by atoms with Gasteiger partial charge in [-0.15, -0.1) is 11.6 Å². The molecular formula is C15H22ClN3. The van der Waals surface area contributed by atoms with Gasteiger partial charge < -0.3 is 10.6 Å².